The van der Waals surface area contributed by atoms with Crippen LogP contribution in [-0.4, -0.2) is 41.3 Å². The van der Waals surface area contributed by atoms with E-state index in [4.69, 9.17) is 5.73 Å². The van der Waals surface area contributed by atoms with Crippen LogP contribution in [0.3, 0.4) is 0 Å². The van der Waals surface area contributed by atoms with Crippen molar-refractivity contribution in [2.24, 2.45) is 0 Å². The summed E-state index contributed by atoms with van der Waals surface area (Å²) in [6.07, 6.45) is 2.59. The predicted molar refractivity (Wildman–Crippen MR) is 66.8 cm³/mol. The van der Waals surface area contributed by atoms with E-state index in [1.807, 2.05) is 0 Å². The van der Waals surface area contributed by atoms with Gasteiger partial charge in [-0.1, -0.05) is 0 Å². The number of aromatic nitrogens is 1. The van der Waals surface area contributed by atoms with E-state index in [1.165, 1.54) is 6.20 Å². The fourth-order valence-electron chi connectivity index (χ4n) is 1.93. The molecular weight excluding hydrogens is 232 g/mol. The number of nitrogens with zero attached hydrogens (tertiary/aromatic N) is 2. The Hall–Kier alpha value is -2.11. The number of carbonyl (C=O) groups excluding carboxylic acids is 2. The number of nitrogens with one attached hydrogen (secondary N) is 1. The van der Waals surface area contributed by atoms with Crippen molar-refractivity contribution in [3.8, 4) is 0 Å². The lowest BCUT2D eigenvalue weighted by Gasteiger charge is -2.30. The smallest absolute Gasteiger partial charge is 0.270 e. The van der Waals surface area contributed by atoms with Gasteiger partial charge in [0.1, 0.15) is 5.69 Å². The highest BCUT2D eigenvalue weighted by Crippen LogP contribution is 2.10. The summed E-state index contributed by atoms with van der Waals surface area (Å²) < 4.78 is 0. The van der Waals surface area contributed by atoms with Crippen LogP contribution in [0.4, 0.5) is 5.69 Å². The molecule has 0 saturated carbocycles. The summed E-state index contributed by atoms with van der Waals surface area (Å²) in [5.41, 5.74) is 6.37. The van der Waals surface area contributed by atoms with E-state index < -0.39 is 0 Å². The minimum absolute atomic E-state index is 0.0143. The lowest BCUT2D eigenvalue weighted by molar-refractivity contribution is -0.132. The van der Waals surface area contributed by atoms with Gasteiger partial charge in [-0.3, -0.25) is 9.59 Å². The molecule has 6 nitrogen and oxygen atoms in total. The molecule has 1 aromatic rings. The SMILES string of the molecule is CN1CC(NC(=O)c2ccc(N)cn2)CCC1=O. The first-order chi connectivity index (χ1) is 8.56. The summed E-state index contributed by atoms with van der Waals surface area (Å²) >= 11 is 0. The van der Waals surface area contributed by atoms with E-state index in [-0.39, 0.29) is 17.9 Å². The first kappa shape index (κ1) is 12.3. The number of rotatable bonds is 2. The van der Waals surface area contributed by atoms with E-state index in [1.54, 1.807) is 24.1 Å². The number of nitrogen functional groups attached to an aromatic ring is 1. The van der Waals surface area contributed by atoms with Gasteiger partial charge in [-0.2, -0.15) is 0 Å². The zero-order valence-electron chi connectivity index (χ0n) is 10.2. The summed E-state index contributed by atoms with van der Waals surface area (Å²) in [6, 6.07) is 3.21. The lowest BCUT2D eigenvalue weighted by atomic mass is 10.1. The maximum atomic E-state index is 11.9. The third kappa shape index (κ3) is 2.77. The number of carbonyl (C=O) groups is 2. The molecule has 1 atom stereocenters. The topological polar surface area (TPSA) is 88.3 Å². The van der Waals surface area contributed by atoms with E-state index in [0.717, 1.165) is 0 Å². The molecule has 1 fully saturated rings. The molecule has 6 heteroatoms. The van der Waals surface area contributed by atoms with Crippen LogP contribution in [0.25, 0.3) is 0 Å². The molecule has 1 saturated heterocycles. The monoisotopic (exact) mass is 248 g/mol. The normalized spacial score (nSPS) is 19.7. The van der Waals surface area contributed by atoms with Crippen LogP contribution in [0.15, 0.2) is 18.3 Å². The second kappa shape index (κ2) is 5.03. The van der Waals surface area contributed by atoms with Gasteiger partial charge in [0.05, 0.1) is 11.9 Å². The van der Waals surface area contributed by atoms with Crippen molar-refractivity contribution in [3.63, 3.8) is 0 Å². The van der Waals surface area contributed by atoms with Crippen molar-refractivity contribution in [1.82, 2.24) is 15.2 Å². The van der Waals surface area contributed by atoms with Gasteiger partial charge in [-0.05, 0) is 18.6 Å². The minimum Gasteiger partial charge on any atom is -0.397 e. The summed E-state index contributed by atoms with van der Waals surface area (Å²) in [5.74, 6) is -0.117. The maximum absolute atomic E-state index is 11.9. The molecule has 2 amide bonds. The summed E-state index contributed by atoms with van der Waals surface area (Å²) in [4.78, 5) is 28.8. The Balaban J connectivity index is 1.95. The Labute approximate surface area is 105 Å². The van der Waals surface area contributed by atoms with Crippen LogP contribution in [0.5, 0.6) is 0 Å². The quantitative estimate of drug-likeness (QED) is 0.772. The molecule has 3 N–H and O–H groups in total. The van der Waals surface area contributed by atoms with Crippen LogP contribution in [0.1, 0.15) is 23.3 Å². The van der Waals surface area contributed by atoms with E-state index in [2.05, 4.69) is 10.3 Å². The predicted octanol–water partition coefficient (Wildman–Crippen LogP) is 0.0144. The highest BCUT2D eigenvalue weighted by Gasteiger charge is 2.24. The van der Waals surface area contributed by atoms with Gasteiger partial charge < -0.3 is 16.0 Å². The average molecular weight is 248 g/mol. The minimum atomic E-state index is -0.234. The second-order valence-electron chi connectivity index (χ2n) is 4.46. The number of piperidine rings is 1. The summed E-state index contributed by atoms with van der Waals surface area (Å²) in [5, 5.41) is 2.87. The van der Waals surface area contributed by atoms with Crippen molar-refractivity contribution < 1.29 is 9.59 Å². The number of hydrogen-bond acceptors (Lipinski definition) is 4. The Morgan fingerprint density at radius 2 is 2.33 bits per heavy atom. The van der Waals surface area contributed by atoms with Gasteiger partial charge in [-0.25, -0.2) is 4.98 Å². The van der Waals surface area contributed by atoms with Crippen LogP contribution < -0.4 is 11.1 Å². The van der Waals surface area contributed by atoms with E-state index in [9.17, 15) is 9.59 Å². The molecule has 0 aliphatic carbocycles. The number of pyridine rings is 1. The van der Waals surface area contributed by atoms with Crippen molar-refractivity contribution in [3.05, 3.63) is 24.0 Å². The third-order valence-electron chi connectivity index (χ3n) is 2.98. The van der Waals surface area contributed by atoms with Gasteiger partial charge in [-0.15, -0.1) is 0 Å². The molecular formula is C12H16N4O2. The number of likely N-dealkylation sites (tertiary alicyclic amines) is 1. The van der Waals surface area contributed by atoms with Gasteiger partial charge in [0.15, 0.2) is 0 Å². The van der Waals surface area contributed by atoms with Crippen molar-refractivity contribution >= 4 is 17.5 Å². The summed E-state index contributed by atoms with van der Waals surface area (Å²) in [6.45, 7) is 0.541. The first-order valence-electron chi connectivity index (χ1n) is 5.82. The van der Waals surface area contributed by atoms with Crippen LogP contribution in [0.2, 0.25) is 0 Å². The Morgan fingerprint density at radius 3 is 2.94 bits per heavy atom. The lowest BCUT2D eigenvalue weighted by Crippen LogP contribution is -2.48. The molecule has 0 spiro atoms. The van der Waals surface area contributed by atoms with Crippen LogP contribution in [-0.2, 0) is 4.79 Å². The molecule has 1 aromatic heterocycles. The third-order valence-corrected chi connectivity index (χ3v) is 2.98. The molecule has 0 radical (unpaired) electrons. The molecule has 1 aliphatic rings. The highest BCUT2D eigenvalue weighted by atomic mass is 16.2. The second-order valence-corrected chi connectivity index (χ2v) is 4.46. The highest BCUT2D eigenvalue weighted by molar-refractivity contribution is 5.92. The van der Waals surface area contributed by atoms with Crippen molar-refractivity contribution in [2.45, 2.75) is 18.9 Å². The molecule has 18 heavy (non-hydrogen) atoms. The van der Waals surface area contributed by atoms with Gasteiger partial charge in [0, 0.05) is 26.1 Å². The number of likely N-dealkylation sites (N-methyl/N-ethyl adjacent to an activating group) is 1. The van der Waals surface area contributed by atoms with E-state index in [0.29, 0.717) is 30.8 Å². The molecule has 1 unspecified atom stereocenters. The Kier molecular flexibility index (Phi) is 3.45. The first-order valence-corrected chi connectivity index (χ1v) is 5.82. The molecule has 0 aromatic carbocycles. The van der Waals surface area contributed by atoms with Gasteiger partial charge in [0.25, 0.3) is 5.91 Å². The zero-order chi connectivity index (χ0) is 13.1. The fourth-order valence-corrected chi connectivity index (χ4v) is 1.93. The summed E-state index contributed by atoms with van der Waals surface area (Å²) in [7, 11) is 1.74. The van der Waals surface area contributed by atoms with Crippen LogP contribution >= 0.6 is 0 Å². The maximum Gasteiger partial charge on any atom is 0.270 e. The van der Waals surface area contributed by atoms with Crippen LogP contribution in [0, 0.1) is 0 Å². The Morgan fingerprint density at radius 1 is 1.56 bits per heavy atom. The number of anilines is 1. The van der Waals surface area contributed by atoms with E-state index >= 15 is 0 Å². The van der Waals surface area contributed by atoms with Gasteiger partial charge in [0.2, 0.25) is 5.91 Å². The van der Waals surface area contributed by atoms with Crippen molar-refractivity contribution in [1.29, 1.82) is 0 Å². The average Bonchev–Trinajstić information content (AvgIpc) is 2.34. The molecule has 1 aliphatic heterocycles. The largest absolute Gasteiger partial charge is 0.397 e. The molecule has 2 rings (SSSR count). The van der Waals surface area contributed by atoms with Gasteiger partial charge >= 0.3 is 0 Å². The molecule has 0 bridgehead atoms. The number of hydrogen-bond donors (Lipinski definition) is 2. The number of amides is 2. The fraction of sp³-hybridized carbons (Fsp3) is 0.417. The zero-order valence-corrected chi connectivity index (χ0v) is 10.2. The molecule has 2 heterocycles. The van der Waals surface area contributed by atoms with Crippen molar-refractivity contribution in [2.75, 3.05) is 19.3 Å². The number of nitrogens with two attached hydrogens (primary N) is 1. The Bertz CT molecular complexity index is 458. The standard InChI is InChI=1S/C12H16N4O2/c1-16-7-9(3-5-11(16)17)15-12(18)10-4-2-8(13)6-14-10/h2,4,6,9H,3,5,7,13H2,1H3,(H,15,18). The molecule has 96 valence electrons.